The van der Waals surface area contributed by atoms with E-state index in [1.165, 1.54) is 12.1 Å². The van der Waals surface area contributed by atoms with E-state index in [0.717, 1.165) is 42.2 Å². The molecule has 0 unspecified atom stereocenters. The van der Waals surface area contributed by atoms with Gasteiger partial charge in [0.2, 0.25) is 0 Å². The van der Waals surface area contributed by atoms with Gasteiger partial charge in [-0.15, -0.1) is 0 Å². The monoisotopic (exact) mass is 702 g/mol. The molecule has 3 aromatic rings. The van der Waals surface area contributed by atoms with E-state index in [4.69, 9.17) is 54.2 Å². The van der Waals surface area contributed by atoms with E-state index < -0.39 is 17.6 Å². The first-order chi connectivity index (χ1) is 21.9. The average Bonchev–Trinajstić information content (AvgIpc) is 3.85. The van der Waals surface area contributed by atoms with Crippen molar-refractivity contribution in [1.29, 1.82) is 0 Å². The second-order valence-electron chi connectivity index (χ2n) is 10.3. The second kappa shape index (κ2) is 15.9. The molecule has 1 aliphatic carbocycles. The fourth-order valence-electron chi connectivity index (χ4n) is 4.96. The molecule has 0 spiro atoms. The van der Waals surface area contributed by atoms with Gasteiger partial charge in [-0.25, -0.2) is 4.39 Å². The van der Waals surface area contributed by atoms with Gasteiger partial charge in [0, 0.05) is 24.7 Å². The summed E-state index contributed by atoms with van der Waals surface area (Å²) in [4.78, 5) is 23.9. The Hall–Kier alpha value is -3.51. The van der Waals surface area contributed by atoms with Crippen molar-refractivity contribution in [1.82, 2.24) is 10.2 Å². The molecule has 1 fully saturated rings. The van der Waals surface area contributed by atoms with E-state index in [9.17, 15) is 22.4 Å². The Bertz CT molecular complexity index is 1560. The molecule has 0 radical (unpaired) electrons. The number of carboxylic acid groups (broad SMARTS) is 1. The summed E-state index contributed by atoms with van der Waals surface area (Å²) in [7, 11) is 0. The third-order valence-electron chi connectivity index (χ3n) is 7.21. The Labute approximate surface area is 277 Å². The number of carbonyl (C=O) groups excluding carboxylic acids is 1. The zero-order valence-electron chi connectivity index (χ0n) is 24.2. The lowest BCUT2D eigenvalue weighted by Gasteiger charge is -2.29. The summed E-state index contributed by atoms with van der Waals surface area (Å²) in [5, 5.41) is 9.88. The van der Waals surface area contributed by atoms with Crippen molar-refractivity contribution >= 4 is 52.8 Å². The molecule has 5 rings (SSSR count). The molecule has 1 heterocycles. The lowest BCUT2D eigenvalue weighted by molar-refractivity contribution is -0.137. The van der Waals surface area contributed by atoms with E-state index in [1.54, 1.807) is 17.0 Å². The summed E-state index contributed by atoms with van der Waals surface area (Å²) in [6, 6.07) is 13.3. The van der Waals surface area contributed by atoms with E-state index in [1.807, 2.05) is 12.1 Å². The Balaban J connectivity index is 0.00000154. The van der Waals surface area contributed by atoms with Crippen LogP contribution in [0.3, 0.4) is 0 Å². The van der Waals surface area contributed by atoms with Gasteiger partial charge >= 0.3 is 6.18 Å². The van der Waals surface area contributed by atoms with Crippen LogP contribution < -0.4 is 14.8 Å². The van der Waals surface area contributed by atoms with Crippen molar-refractivity contribution in [3.63, 3.8) is 0 Å². The molecule has 14 heteroatoms. The van der Waals surface area contributed by atoms with Crippen LogP contribution in [0.2, 0.25) is 15.1 Å². The average molecular weight is 704 g/mol. The van der Waals surface area contributed by atoms with Crippen LogP contribution in [0.1, 0.15) is 36.0 Å². The SMILES string of the molecule is O=C(C1=C(c2ccc(OCCOc3c(Cl)cc(F)cc3Cl)cc2)CCNC1)N(Cc1cccc(C(F)(F)F)c1Cl)C1CC1.O=CO. The number of hydrogen-bond acceptors (Lipinski definition) is 5. The van der Waals surface area contributed by atoms with Gasteiger partial charge in [-0.05, 0) is 72.8 Å². The van der Waals surface area contributed by atoms with E-state index in [-0.39, 0.29) is 64.6 Å². The van der Waals surface area contributed by atoms with Gasteiger partial charge in [-0.2, -0.15) is 13.2 Å². The van der Waals surface area contributed by atoms with Gasteiger partial charge in [-0.1, -0.05) is 59.1 Å². The number of nitrogens with zero attached hydrogens (tertiary/aromatic N) is 1. The van der Waals surface area contributed by atoms with Crippen molar-refractivity contribution in [3.05, 3.63) is 97.7 Å². The molecule has 7 nitrogen and oxygen atoms in total. The van der Waals surface area contributed by atoms with Crippen molar-refractivity contribution in [2.24, 2.45) is 0 Å². The smallest absolute Gasteiger partial charge is 0.417 e. The largest absolute Gasteiger partial charge is 0.490 e. The van der Waals surface area contributed by atoms with Crippen LogP contribution in [-0.2, 0) is 22.3 Å². The summed E-state index contributed by atoms with van der Waals surface area (Å²) >= 11 is 18.1. The Morgan fingerprint density at radius 2 is 1.65 bits per heavy atom. The first kappa shape index (κ1) is 35.3. The number of nitrogens with one attached hydrogen (secondary N) is 1. The van der Waals surface area contributed by atoms with Crippen molar-refractivity contribution in [2.45, 2.75) is 38.0 Å². The highest BCUT2D eigenvalue weighted by molar-refractivity contribution is 6.37. The zero-order valence-corrected chi connectivity index (χ0v) is 26.4. The Kier molecular flexibility index (Phi) is 12.2. The number of carbonyl (C=O) groups is 2. The van der Waals surface area contributed by atoms with Crippen LogP contribution in [0.15, 0.2) is 60.2 Å². The molecule has 2 N–H and O–H groups in total. The quantitative estimate of drug-likeness (QED) is 0.127. The predicted molar refractivity (Wildman–Crippen MR) is 167 cm³/mol. The molecule has 0 atom stereocenters. The van der Waals surface area contributed by atoms with Gasteiger partial charge in [0.15, 0.2) is 5.75 Å². The van der Waals surface area contributed by atoms with Crippen molar-refractivity contribution in [3.8, 4) is 11.5 Å². The van der Waals surface area contributed by atoms with Crippen LogP contribution in [0.25, 0.3) is 5.57 Å². The minimum absolute atomic E-state index is 0.00771. The topological polar surface area (TPSA) is 88.1 Å². The summed E-state index contributed by atoms with van der Waals surface area (Å²) in [5.74, 6) is -0.0271. The Morgan fingerprint density at radius 1 is 1.02 bits per heavy atom. The first-order valence-corrected chi connectivity index (χ1v) is 15.2. The number of hydrogen-bond donors (Lipinski definition) is 2. The van der Waals surface area contributed by atoms with Gasteiger partial charge in [-0.3, -0.25) is 9.59 Å². The highest BCUT2D eigenvalue weighted by atomic mass is 35.5. The maximum atomic E-state index is 13.9. The number of benzene rings is 3. The van der Waals surface area contributed by atoms with Crippen LogP contribution in [0, 0.1) is 5.82 Å². The second-order valence-corrected chi connectivity index (χ2v) is 11.5. The standard InChI is InChI=1S/C31H27Cl3F4N2O3.CH2O2/c32-26-14-20(35)15-27(33)29(26)43-13-12-42-22-8-4-18(5-9-22)23-10-11-39-16-24(23)30(41)40(21-6-7-21)17-19-2-1-3-25(28(19)34)31(36,37)38;2-1-3/h1-5,8-9,14-15,21,39H,6-7,10-13,16-17H2;1H,(H,2,3). The van der Waals surface area contributed by atoms with Crippen molar-refractivity contribution in [2.75, 3.05) is 26.3 Å². The number of rotatable bonds is 10. The zero-order chi connectivity index (χ0) is 33.4. The number of amides is 1. The molecule has 0 bridgehead atoms. The molecule has 0 saturated heterocycles. The first-order valence-electron chi connectivity index (χ1n) is 14.1. The third-order valence-corrected chi connectivity index (χ3v) is 8.22. The number of alkyl halides is 3. The molecule has 3 aromatic carbocycles. The van der Waals surface area contributed by atoms with E-state index in [2.05, 4.69) is 5.32 Å². The molecule has 1 saturated carbocycles. The normalized spacial score (nSPS) is 14.7. The van der Waals surface area contributed by atoms with Gasteiger partial charge in [0.1, 0.15) is 24.8 Å². The Morgan fingerprint density at radius 3 is 2.26 bits per heavy atom. The van der Waals surface area contributed by atoms with Gasteiger partial charge < -0.3 is 24.8 Å². The fraction of sp³-hybridized carbons (Fsp3) is 0.312. The van der Waals surface area contributed by atoms with Crippen LogP contribution in [0.5, 0.6) is 11.5 Å². The summed E-state index contributed by atoms with van der Waals surface area (Å²) in [6.45, 7) is 1.06. The minimum atomic E-state index is -4.59. The van der Waals surface area contributed by atoms with Crippen molar-refractivity contribution < 1.29 is 41.7 Å². The maximum absolute atomic E-state index is 13.9. The lowest BCUT2D eigenvalue weighted by atomic mass is 9.93. The maximum Gasteiger partial charge on any atom is 0.417 e. The minimum Gasteiger partial charge on any atom is -0.490 e. The molecular formula is C32H29Cl3F4N2O5. The highest BCUT2D eigenvalue weighted by Crippen LogP contribution is 2.39. The highest BCUT2D eigenvalue weighted by Gasteiger charge is 2.38. The number of halogens is 7. The summed E-state index contributed by atoms with van der Waals surface area (Å²) < 4.78 is 65.0. The molecule has 2 aliphatic rings. The van der Waals surface area contributed by atoms with Crippen LogP contribution in [0.4, 0.5) is 17.6 Å². The van der Waals surface area contributed by atoms with E-state index in [0.29, 0.717) is 30.8 Å². The summed E-state index contributed by atoms with van der Waals surface area (Å²) in [5.41, 5.74) is 1.66. The molecule has 46 heavy (non-hydrogen) atoms. The van der Waals surface area contributed by atoms with E-state index >= 15 is 0 Å². The van der Waals surface area contributed by atoms with Crippen LogP contribution in [-0.4, -0.2) is 54.7 Å². The third kappa shape index (κ3) is 9.06. The fourth-order valence-corrected chi connectivity index (χ4v) is 5.82. The molecule has 1 amide bonds. The molecule has 1 aliphatic heterocycles. The summed E-state index contributed by atoms with van der Waals surface area (Å²) in [6.07, 6.45) is -2.41. The van der Waals surface area contributed by atoms with Crippen LogP contribution >= 0.6 is 34.8 Å². The predicted octanol–water partition coefficient (Wildman–Crippen LogP) is 7.90. The lowest BCUT2D eigenvalue weighted by Crippen LogP contribution is -2.39. The van der Waals surface area contributed by atoms with Gasteiger partial charge in [0.25, 0.3) is 12.4 Å². The molecule has 246 valence electrons. The molecule has 0 aromatic heterocycles. The van der Waals surface area contributed by atoms with Gasteiger partial charge in [0.05, 0.1) is 20.6 Å². The molecular weight excluding hydrogens is 675 g/mol. The number of ether oxygens (including phenoxy) is 2.